The van der Waals surface area contributed by atoms with Crippen molar-refractivity contribution in [2.45, 2.75) is 38.7 Å². The van der Waals surface area contributed by atoms with Gasteiger partial charge in [-0.05, 0) is 66.4 Å². The number of likely N-dealkylation sites (tertiary alicyclic amines) is 1. The minimum absolute atomic E-state index is 0.00850. The summed E-state index contributed by atoms with van der Waals surface area (Å²) in [7, 11) is 3.22. The monoisotopic (exact) mass is 724 g/mol. The summed E-state index contributed by atoms with van der Waals surface area (Å²) in [5.74, 6) is -0.770. The van der Waals surface area contributed by atoms with Gasteiger partial charge in [-0.2, -0.15) is 13.2 Å². The van der Waals surface area contributed by atoms with Crippen LogP contribution in [0.5, 0.6) is 17.4 Å². The van der Waals surface area contributed by atoms with E-state index in [-0.39, 0.29) is 36.1 Å². The predicted molar refractivity (Wildman–Crippen MR) is 186 cm³/mol. The zero-order chi connectivity index (χ0) is 37.3. The number of halogens is 4. The predicted octanol–water partition coefficient (Wildman–Crippen LogP) is 6.52. The number of methoxy groups -OCH3 is 2. The molecule has 276 valence electrons. The summed E-state index contributed by atoms with van der Waals surface area (Å²) in [5, 5.41) is 5.03. The number of ether oxygens (including phenoxy) is 4. The van der Waals surface area contributed by atoms with E-state index in [1.54, 1.807) is 33.3 Å². The van der Waals surface area contributed by atoms with Crippen molar-refractivity contribution in [1.82, 2.24) is 15.2 Å². The second-order valence-electron chi connectivity index (χ2n) is 12.1. The number of carbonyl (C=O) groups is 2. The van der Waals surface area contributed by atoms with E-state index < -0.39 is 35.8 Å². The molecule has 0 bridgehead atoms. The average Bonchev–Trinajstić information content (AvgIpc) is 3.59. The molecule has 1 saturated heterocycles. The third kappa shape index (κ3) is 10.2. The van der Waals surface area contributed by atoms with Crippen molar-refractivity contribution in [1.29, 1.82) is 0 Å². The van der Waals surface area contributed by atoms with Gasteiger partial charge in [0, 0.05) is 62.4 Å². The molecule has 1 aromatic heterocycles. The minimum atomic E-state index is -4.78. The molecule has 2 amide bonds. The van der Waals surface area contributed by atoms with Gasteiger partial charge in [-0.1, -0.05) is 24.3 Å². The molecule has 2 N–H and O–H groups in total. The SMILES string of the molecule is CCOc1cc(OCc2ccc(OC)cc2)ncc1-c1ccc(CC(=O)Nc2cc(C(=O)NCCN3CC[C@@H](OC)C3)cc(C(F)(F)F)c2)c(F)c1. The number of hydrogen-bond acceptors (Lipinski definition) is 8. The van der Waals surface area contributed by atoms with Crippen molar-refractivity contribution < 1.29 is 46.1 Å². The molecule has 0 saturated carbocycles. The second kappa shape index (κ2) is 17.3. The van der Waals surface area contributed by atoms with Crippen molar-refractivity contribution in [3.05, 3.63) is 101 Å². The van der Waals surface area contributed by atoms with Gasteiger partial charge in [-0.3, -0.25) is 14.5 Å². The Morgan fingerprint density at radius 1 is 1.00 bits per heavy atom. The molecular weight excluding hydrogens is 684 g/mol. The number of benzene rings is 3. The Morgan fingerprint density at radius 3 is 2.46 bits per heavy atom. The number of hydrogen-bond donors (Lipinski definition) is 2. The molecule has 3 aromatic carbocycles. The molecule has 0 aliphatic carbocycles. The fourth-order valence-corrected chi connectivity index (χ4v) is 5.72. The Balaban J connectivity index is 1.24. The van der Waals surface area contributed by atoms with Crippen LogP contribution in [0, 0.1) is 5.82 Å². The van der Waals surface area contributed by atoms with Crippen LogP contribution in [0.2, 0.25) is 0 Å². The number of amides is 2. The molecule has 0 unspecified atom stereocenters. The molecule has 52 heavy (non-hydrogen) atoms. The first-order chi connectivity index (χ1) is 24.9. The first-order valence-corrected chi connectivity index (χ1v) is 16.7. The van der Waals surface area contributed by atoms with Crippen molar-refractivity contribution in [2.75, 3.05) is 52.3 Å². The van der Waals surface area contributed by atoms with E-state index in [9.17, 15) is 22.8 Å². The van der Waals surface area contributed by atoms with Gasteiger partial charge in [0.2, 0.25) is 11.8 Å². The van der Waals surface area contributed by atoms with Crippen LogP contribution in [-0.2, 0) is 28.7 Å². The summed E-state index contributed by atoms with van der Waals surface area (Å²) in [4.78, 5) is 32.2. The molecule has 1 aliphatic rings. The Hall–Kier alpha value is -5.21. The van der Waals surface area contributed by atoms with Crippen LogP contribution >= 0.6 is 0 Å². The van der Waals surface area contributed by atoms with Crippen LogP contribution in [0.3, 0.4) is 0 Å². The van der Waals surface area contributed by atoms with E-state index in [0.29, 0.717) is 42.5 Å². The normalized spacial score (nSPS) is 14.6. The van der Waals surface area contributed by atoms with Gasteiger partial charge < -0.3 is 29.6 Å². The molecule has 14 heteroatoms. The molecule has 0 spiro atoms. The lowest BCUT2D eigenvalue weighted by atomic mass is 10.0. The standard InChI is InChI=1S/C38H40F4N4O6/c1-4-51-34-20-36(52-23-24-5-9-30(49-2)10-6-24)44-21-32(34)25-7-8-26(33(39)17-25)18-35(47)45-29-16-27(15-28(19-29)38(40,41)42)37(48)43-12-14-46-13-11-31(22-46)50-3/h5-10,15-17,19-21,31H,4,11-14,18,22-23H2,1-3H3,(H,43,48)(H,45,47)/t31-/m1/s1. The van der Waals surface area contributed by atoms with Crippen LogP contribution in [0.25, 0.3) is 11.1 Å². The van der Waals surface area contributed by atoms with Crippen LogP contribution < -0.4 is 24.8 Å². The number of alkyl halides is 3. The molecule has 0 radical (unpaired) electrons. The molecule has 4 aromatic rings. The van der Waals surface area contributed by atoms with Crippen LogP contribution in [-0.4, -0.2) is 74.8 Å². The fraction of sp³-hybridized carbons (Fsp3) is 0.342. The molecule has 1 aliphatic heterocycles. The average molecular weight is 725 g/mol. The van der Waals surface area contributed by atoms with Crippen LogP contribution in [0.15, 0.2) is 72.9 Å². The first-order valence-electron chi connectivity index (χ1n) is 16.7. The van der Waals surface area contributed by atoms with E-state index in [2.05, 4.69) is 20.5 Å². The highest BCUT2D eigenvalue weighted by Crippen LogP contribution is 2.34. The third-order valence-electron chi connectivity index (χ3n) is 8.48. The van der Waals surface area contributed by atoms with Crippen LogP contribution in [0.1, 0.15) is 40.4 Å². The van der Waals surface area contributed by atoms with Gasteiger partial charge in [-0.25, -0.2) is 9.37 Å². The quantitative estimate of drug-likeness (QED) is 0.133. The molecule has 5 rings (SSSR count). The van der Waals surface area contributed by atoms with Crippen molar-refractivity contribution >= 4 is 17.5 Å². The summed E-state index contributed by atoms with van der Waals surface area (Å²) in [6.45, 7) is 4.59. The summed E-state index contributed by atoms with van der Waals surface area (Å²) >= 11 is 0. The Bertz CT molecular complexity index is 1850. The van der Waals surface area contributed by atoms with Crippen molar-refractivity contribution in [2.24, 2.45) is 0 Å². The highest BCUT2D eigenvalue weighted by Gasteiger charge is 2.32. The number of rotatable bonds is 15. The zero-order valence-electron chi connectivity index (χ0n) is 29.0. The van der Waals surface area contributed by atoms with E-state index in [1.807, 2.05) is 24.3 Å². The zero-order valence-corrected chi connectivity index (χ0v) is 29.0. The van der Waals surface area contributed by atoms with Gasteiger partial charge in [0.05, 0.1) is 31.8 Å². The highest BCUT2D eigenvalue weighted by atomic mass is 19.4. The topological polar surface area (TPSA) is 111 Å². The van der Waals surface area contributed by atoms with Gasteiger partial charge >= 0.3 is 6.18 Å². The summed E-state index contributed by atoms with van der Waals surface area (Å²) in [6, 6.07) is 15.8. The summed E-state index contributed by atoms with van der Waals surface area (Å²) in [6.07, 6.45) is -2.79. The highest BCUT2D eigenvalue weighted by molar-refractivity contribution is 5.98. The Kier molecular flexibility index (Phi) is 12.7. The van der Waals surface area contributed by atoms with Gasteiger partial charge in [-0.15, -0.1) is 0 Å². The molecule has 10 nitrogen and oxygen atoms in total. The number of nitrogens with zero attached hydrogens (tertiary/aromatic N) is 2. The lowest BCUT2D eigenvalue weighted by Crippen LogP contribution is -2.34. The number of anilines is 1. The van der Waals surface area contributed by atoms with Gasteiger partial charge in [0.1, 0.15) is 23.9 Å². The lowest BCUT2D eigenvalue weighted by Gasteiger charge is -2.17. The van der Waals surface area contributed by atoms with Crippen molar-refractivity contribution in [3.63, 3.8) is 0 Å². The van der Waals surface area contributed by atoms with Crippen molar-refractivity contribution in [3.8, 4) is 28.5 Å². The largest absolute Gasteiger partial charge is 0.497 e. The van der Waals surface area contributed by atoms with E-state index in [1.165, 1.54) is 18.3 Å². The number of carbonyl (C=O) groups excluding carboxylic acids is 2. The van der Waals surface area contributed by atoms with E-state index in [4.69, 9.17) is 18.9 Å². The molecular formula is C38H40F4N4O6. The van der Waals surface area contributed by atoms with E-state index in [0.717, 1.165) is 42.5 Å². The first kappa shape index (κ1) is 38.0. The van der Waals surface area contributed by atoms with Crippen LogP contribution in [0.4, 0.5) is 23.2 Å². The summed E-state index contributed by atoms with van der Waals surface area (Å²) in [5.41, 5.74) is 0.201. The second-order valence-corrected chi connectivity index (χ2v) is 12.1. The summed E-state index contributed by atoms with van der Waals surface area (Å²) < 4.78 is 78.7. The maximum atomic E-state index is 15.4. The minimum Gasteiger partial charge on any atom is -0.497 e. The molecule has 2 heterocycles. The fourth-order valence-electron chi connectivity index (χ4n) is 5.72. The number of pyridine rings is 1. The maximum absolute atomic E-state index is 15.4. The smallest absolute Gasteiger partial charge is 0.416 e. The lowest BCUT2D eigenvalue weighted by molar-refractivity contribution is -0.137. The number of aromatic nitrogens is 1. The molecule has 1 atom stereocenters. The van der Waals surface area contributed by atoms with Gasteiger partial charge in [0.15, 0.2) is 0 Å². The Labute approximate surface area is 299 Å². The number of nitrogens with one attached hydrogen (secondary N) is 2. The van der Waals surface area contributed by atoms with Gasteiger partial charge in [0.25, 0.3) is 5.91 Å². The molecule has 1 fully saturated rings. The van der Waals surface area contributed by atoms with E-state index >= 15 is 4.39 Å². The Morgan fingerprint density at radius 2 is 1.79 bits per heavy atom. The maximum Gasteiger partial charge on any atom is 0.416 e. The third-order valence-corrected chi connectivity index (χ3v) is 8.48.